The summed E-state index contributed by atoms with van der Waals surface area (Å²) in [6, 6.07) is 3.54. The molecule has 0 bridgehead atoms. The third-order valence-corrected chi connectivity index (χ3v) is 6.65. The zero-order valence-corrected chi connectivity index (χ0v) is 18.3. The number of nitrogens with one attached hydrogen (secondary N) is 1. The second kappa shape index (κ2) is 7.28. The van der Waals surface area contributed by atoms with Gasteiger partial charge in [0.1, 0.15) is 22.7 Å². The number of aryl methyl sites for hydroxylation is 1. The van der Waals surface area contributed by atoms with Crippen LogP contribution in [0.3, 0.4) is 0 Å². The Kier molecular flexibility index (Phi) is 4.42. The van der Waals surface area contributed by atoms with Gasteiger partial charge < -0.3 is 15.5 Å². The molecule has 0 radical (unpaired) electrons. The first-order valence-electron chi connectivity index (χ1n) is 11.2. The fourth-order valence-corrected chi connectivity index (χ4v) is 5.06. The van der Waals surface area contributed by atoms with Crippen molar-refractivity contribution in [1.29, 1.82) is 0 Å². The molecule has 3 aromatic heterocycles. The molecule has 1 atom stereocenters. The average molecular weight is 461 g/mol. The molecule has 4 aromatic rings. The topological polar surface area (TPSA) is 111 Å². The molecule has 2 aliphatic rings. The largest absolute Gasteiger partial charge is 0.383 e. The Bertz CT molecular complexity index is 1480. The van der Waals surface area contributed by atoms with Gasteiger partial charge in [0, 0.05) is 18.6 Å². The third kappa shape index (κ3) is 2.84. The Hall–Kier alpha value is -3.95. The Balaban J connectivity index is 1.53. The van der Waals surface area contributed by atoms with Gasteiger partial charge in [-0.25, -0.2) is 28.7 Å². The van der Waals surface area contributed by atoms with Crippen LogP contribution in [-0.4, -0.2) is 30.2 Å². The van der Waals surface area contributed by atoms with Crippen LogP contribution in [0.25, 0.3) is 17.2 Å². The number of benzene rings is 1. The number of hydrogen-bond acceptors (Lipinski definition) is 6. The first kappa shape index (κ1) is 20.6. The standard InChI is InChI=1S/C24H21F2N7O/c1-2-3-16-22-28-8-9-33(22)11-17(29-16)20-30-19(27)18-21(31-20)32-23(34)24(18,12-4-5-12)13-6-7-14(25)15(26)10-13/h6-12H,2-5H2,1H3,(H3,27,30,31,32,34). The van der Waals surface area contributed by atoms with E-state index in [1.165, 1.54) is 6.07 Å². The SMILES string of the molecule is CCCc1nc(-c2nc(N)c3c(n2)NC(=O)C3(c2ccc(F)c(F)c2)C2CC2)cn2ccnc12. The second-order valence-electron chi connectivity index (χ2n) is 8.80. The number of nitrogen functional groups attached to an aromatic ring is 1. The van der Waals surface area contributed by atoms with E-state index in [-0.39, 0.29) is 29.3 Å². The minimum Gasteiger partial charge on any atom is -0.383 e. The highest BCUT2D eigenvalue weighted by Crippen LogP contribution is 2.57. The van der Waals surface area contributed by atoms with Gasteiger partial charge in [0.05, 0.1) is 11.3 Å². The zero-order chi connectivity index (χ0) is 23.6. The molecule has 1 unspecified atom stereocenters. The van der Waals surface area contributed by atoms with Crippen LogP contribution < -0.4 is 11.1 Å². The van der Waals surface area contributed by atoms with Crippen molar-refractivity contribution in [1.82, 2.24) is 24.3 Å². The van der Waals surface area contributed by atoms with E-state index in [9.17, 15) is 13.6 Å². The van der Waals surface area contributed by atoms with Gasteiger partial charge in [-0.05, 0) is 42.9 Å². The second-order valence-corrected chi connectivity index (χ2v) is 8.80. The summed E-state index contributed by atoms with van der Waals surface area (Å²) in [7, 11) is 0. The predicted molar refractivity (Wildman–Crippen MR) is 121 cm³/mol. The van der Waals surface area contributed by atoms with Crippen molar-refractivity contribution in [2.45, 2.75) is 38.0 Å². The number of nitrogens with two attached hydrogens (primary N) is 1. The third-order valence-electron chi connectivity index (χ3n) is 6.65. The number of carbonyl (C=O) groups excluding carboxylic acids is 1. The van der Waals surface area contributed by atoms with E-state index in [0.717, 1.165) is 49.2 Å². The van der Waals surface area contributed by atoms with E-state index in [4.69, 9.17) is 10.7 Å². The van der Waals surface area contributed by atoms with Crippen molar-refractivity contribution in [2.24, 2.45) is 5.92 Å². The van der Waals surface area contributed by atoms with Gasteiger partial charge in [0.25, 0.3) is 0 Å². The summed E-state index contributed by atoms with van der Waals surface area (Å²) in [4.78, 5) is 31.7. The quantitative estimate of drug-likeness (QED) is 0.469. The summed E-state index contributed by atoms with van der Waals surface area (Å²) in [6.45, 7) is 2.06. The van der Waals surface area contributed by atoms with Crippen LogP contribution in [0.5, 0.6) is 0 Å². The Morgan fingerprint density at radius 1 is 1.21 bits per heavy atom. The molecule has 1 aliphatic heterocycles. The average Bonchev–Trinajstić information content (AvgIpc) is 3.46. The monoisotopic (exact) mass is 461 g/mol. The highest BCUT2D eigenvalue weighted by molar-refractivity contribution is 6.10. The van der Waals surface area contributed by atoms with Gasteiger partial charge in [0.15, 0.2) is 23.1 Å². The molecule has 1 saturated carbocycles. The fourth-order valence-electron chi connectivity index (χ4n) is 5.06. The van der Waals surface area contributed by atoms with Crippen LogP contribution in [0.2, 0.25) is 0 Å². The zero-order valence-electron chi connectivity index (χ0n) is 18.3. The molecule has 1 amide bonds. The van der Waals surface area contributed by atoms with E-state index in [1.807, 2.05) is 10.6 Å². The number of aromatic nitrogens is 5. The molecular weight excluding hydrogens is 440 g/mol. The molecule has 4 heterocycles. The van der Waals surface area contributed by atoms with Crippen molar-refractivity contribution in [2.75, 3.05) is 11.1 Å². The first-order valence-corrected chi connectivity index (χ1v) is 11.2. The molecular formula is C24H21F2N7O. The molecule has 1 aromatic carbocycles. The normalized spacial score (nSPS) is 19.4. The minimum atomic E-state index is -1.26. The highest BCUT2D eigenvalue weighted by atomic mass is 19.2. The molecule has 8 nitrogen and oxygen atoms in total. The minimum absolute atomic E-state index is 0.105. The van der Waals surface area contributed by atoms with Gasteiger partial charge in [0.2, 0.25) is 5.91 Å². The van der Waals surface area contributed by atoms with Crippen LogP contribution in [0, 0.1) is 17.6 Å². The number of amides is 1. The fraction of sp³-hybridized carbons (Fsp3) is 0.292. The van der Waals surface area contributed by atoms with Crippen molar-refractivity contribution < 1.29 is 13.6 Å². The van der Waals surface area contributed by atoms with Crippen LogP contribution in [0.15, 0.2) is 36.8 Å². The maximum Gasteiger partial charge on any atom is 0.241 e. The van der Waals surface area contributed by atoms with Crippen molar-refractivity contribution >= 4 is 23.2 Å². The highest BCUT2D eigenvalue weighted by Gasteiger charge is 2.59. The molecule has 0 spiro atoms. The molecule has 3 N–H and O–H groups in total. The molecule has 34 heavy (non-hydrogen) atoms. The number of nitrogens with zero attached hydrogens (tertiary/aromatic N) is 5. The predicted octanol–water partition coefficient (Wildman–Crippen LogP) is 3.65. The summed E-state index contributed by atoms with van der Waals surface area (Å²) in [6.07, 6.45) is 8.41. The number of halogens is 2. The van der Waals surface area contributed by atoms with Crippen molar-refractivity contribution in [3.05, 3.63) is 65.2 Å². The Labute approximate surface area is 193 Å². The lowest BCUT2D eigenvalue weighted by Gasteiger charge is -2.28. The first-order chi connectivity index (χ1) is 16.4. The Morgan fingerprint density at radius 2 is 2.03 bits per heavy atom. The lowest BCUT2D eigenvalue weighted by Crippen LogP contribution is -2.38. The van der Waals surface area contributed by atoms with E-state index in [1.54, 1.807) is 12.4 Å². The summed E-state index contributed by atoms with van der Waals surface area (Å²) in [5, 5.41) is 2.83. The van der Waals surface area contributed by atoms with Crippen molar-refractivity contribution in [3.63, 3.8) is 0 Å². The van der Waals surface area contributed by atoms with Gasteiger partial charge in [-0.1, -0.05) is 19.4 Å². The number of carbonyl (C=O) groups is 1. The molecule has 1 fully saturated rings. The molecule has 1 aliphatic carbocycles. The molecule has 10 heteroatoms. The molecule has 6 rings (SSSR count). The lowest BCUT2D eigenvalue weighted by molar-refractivity contribution is -0.120. The van der Waals surface area contributed by atoms with Gasteiger partial charge in [-0.15, -0.1) is 0 Å². The number of imidazole rings is 1. The molecule has 172 valence electrons. The van der Waals surface area contributed by atoms with Crippen LogP contribution in [0.4, 0.5) is 20.4 Å². The number of rotatable bonds is 5. The summed E-state index contributed by atoms with van der Waals surface area (Å²) in [5.74, 6) is -1.81. The lowest BCUT2D eigenvalue weighted by atomic mass is 9.71. The number of fused-ring (bicyclic) bond motifs is 2. The number of anilines is 2. The van der Waals surface area contributed by atoms with E-state index in [0.29, 0.717) is 16.8 Å². The van der Waals surface area contributed by atoms with E-state index < -0.39 is 17.0 Å². The van der Waals surface area contributed by atoms with Gasteiger partial charge in [-0.2, -0.15) is 0 Å². The van der Waals surface area contributed by atoms with Crippen molar-refractivity contribution in [3.8, 4) is 11.5 Å². The van der Waals surface area contributed by atoms with Crippen LogP contribution in [0.1, 0.15) is 43.0 Å². The maximum absolute atomic E-state index is 14.2. The van der Waals surface area contributed by atoms with Gasteiger partial charge in [-0.3, -0.25) is 4.79 Å². The van der Waals surface area contributed by atoms with Gasteiger partial charge >= 0.3 is 0 Å². The number of hydrogen-bond donors (Lipinski definition) is 2. The smallest absolute Gasteiger partial charge is 0.241 e. The maximum atomic E-state index is 14.2. The van der Waals surface area contributed by atoms with Crippen LogP contribution in [-0.2, 0) is 16.6 Å². The Morgan fingerprint density at radius 3 is 2.76 bits per heavy atom. The summed E-state index contributed by atoms with van der Waals surface area (Å²) >= 11 is 0. The molecule has 0 saturated heterocycles. The summed E-state index contributed by atoms with van der Waals surface area (Å²) in [5.41, 5.74) is 8.01. The van der Waals surface area contributed by atoms with E-state index >= 15 is 0 Å². The van der Waals surface area contributed by atoms with Crippen LogP contribution >= 0.6 is 0 Å². The summed E-state index contributed by atoms with van der Waals surface area (Å²) < 4.78 is 29.7. The van der Waals surface area contributed by atoms with E-state index in [2.05, 4.69) is 27.2 Å².